The van der Waals surface area contributed by atoms with Gasteiger partial charge in [-0.15, -0.1) is 0 Å². The van der Waals surface area contributed by atoms with Crippen molar-refractivity contribution in [2.75, 3.05) is 0 Å². The molecule has 0 saturated heterocycles. The highest BCUT2D eigenvalue weighted by Gasteiger charge is 2.58. The largest absolute Gasteiger partial charge is 0.324 e. The maximum absolute atomic E-state index is 7.13. The number of hydrogen-bond acceptors (Lipinski definition) is 1. The van der Waals surface area contributed by atoms with Crippen LogP contribution >= 0.6 is 0 Å². The van der Waals surface area contributed by atoms with Gasteiger partial charge in [-0.3, -0.25) is 0 Å². The van der Waals surface area contributed by atoms with Crippen molar-refractivity contribution in [3.8, 4) is 0 Å². The van der Waals surface area contributed by atoms with Gasteiger partial charge >= 0.3 is 0 Å². The quantitative estimate of drug-likeness (QED) is 0.638. The van der Waals surface area contributed by atoms with E-state index in [-0.39, 0.29) is 5.54 Å². The summed E-state index contributed by atoms with van der Waals surface area (Å²) in [7, 11) is 0. The molecule has 3 fully saturated rings. The van der Waals surface area contributed by atoms with E-state index in [1.807, 2.05) is 0 Å². The van der Waals surface area contributed by atoms with Crippen molar-refractivity contribution in [2.45, 2.75) is 77.2 Å². The lowest BCUT2D eigenvalue weighted by Crippen LogP contribution is -2.63. The van der Waals surface area contributed by atoms with Gasteiger partial charge in [-0.05, 0) is 74.0 Å². The molecule has 6 atom stereocenters. The summed E-state index contributed by atoms with van der Waals surface area (Å²) in [6.07, 6.45) is 15.1. The van der Waals surface area contributed by atoms with Gasteiger partial charge < -0.3 is 5.73 Å². The van der Waals surface area contributed by atoms with Crippen molar-refractivity contribution in [3.05, 3.63) is 11.6 Å². The van der Waals surface area contributed by atoms with E-state index < -0.39 is 0 Å². The van der Waals surface area contributed by atoms with E-state index in [2.05, 4.69) is 19.9 Å². The molecule has 0 spiro atoms. The number of hydrogen-bond donors (Lipinski definition) is 1. The van der Waals surface area contributed by atoms with Crippen LogP contribution in [0.25, 0.3) is 0 Å². The third-order valence-electron chi connectivity index (χ3n) is 7.75. The summed E-state index contributed by atoms with van der Waals surface area (Å²) in [5.41, 5.74) is 9.48. The molecule has 3 saturated carbocycles. The Hall–Kier alpha value is -0.300. The molecule has 0 aromatic carbocycles. The minimum absolute atomic E-state index is 0.137. The monoisotopic (exact) mass is 273 g/mol. The van der Waals surface area contributed by atoms with E-state index in [1.54, 1.807) is 5.57 Å². The standard InChI is InChI=1S/C19H31N/c1-13-8-10-18(2)15(12-13)9-11-19(20)16-5-3-4-14(16)6-7-17(18)19/h9,13-14,16-17H,3-8,10-12,20H2,1-2H3. The summed E-state index contributed by atoms with van der Waals surface area (Å²) in [5, 5.41) is 0. The predicted molar refractivity (Wildman–Crippen MR) is 84.3 cm³/mol. The fraction of sp³-hybridized carbons (Fsp3) is 0.895. The molecule has 0 heterocycles. The predicted octanol–water partition coefficient (Wildman–Crippen LogP) is 4.67. The van der Waals surface area contributed by atoms with E-state index in [0.717, 1.165) is 23.7 Å². The number of nitrogens with two attached hydrogens (primary N) is 1. The Bertz CT molecular complexity index is 439. The minimum Gasteiger partial charge on any atom is -0.324 e. The van der Waals surface area contributed by atoms with Gasteiger partial charge in [0.15, 0.2) is 0 Å². The first kappa shape index (κ1) is 13.4. The van der Waals surface area contributed by atoms with Gasteiger partial charge in [0.05, 0.1) is 0 Å². The molecule has 0 aromatic heterocycles. The molecule has 0 amide bonds. The van der Waals surface area contributed by atoms with Crippen molar-refractivity contribution in [3.63, 3.8) is 0 Å². The maximum Gasteiger partial charge on any atom is 0.0257 e. The zero-order valence-corrected chi connectivity index (χ0v) is 13.3. The molecule has 20 heavy (non-hydrogen) atoms. The molecule has 0 aliphatic heterocycles. The second-order valence-electron chi connectivity index (χ2n) is 8.74. The van der Waals surface area contributed by atoms with Crippen molar-refractivity contribution < 1.29 is 0 Å². The Morgan fingerprint density at radius 2 is 2.00 bits per heavy atom. The third-order valence-corrected chi connectivity index (χ3v) is 7.75. The van der Waals surface area contributed by atoms with Crippen LogP contribution in [0.3, 0.4) is 0 Å². The van der Waals surface area contributed by atoms with E-state index in [0.29, 0.717) is 5.41 Å². The molecule has 6 unspecified atom stereocenters. The van der Waals surface area contributed by atoms with Gasteiger partial charge in [-0.25, -0.2) is 0 Å². The Kier molecular flexibility index (Phi) is 2.91. The smallest absolute Gasteiger partial charge is 0.0257 e. The molecule has 4 aliphatic rings. The first-order valence-corrected chi connectivity index (χ1v) is 9.02. The average molecular weight is 273 g/mol. The van der Waals surface area contributed by atoms with Crippen molar-refractivity contribution >= 4 is 0 Å². The molecule has 2 N–H and O–H groups in total. The first-order chi connectivity index (χ1) is 9.54. The Morgan fingerprint density at radius 1 is 1.15 bits per heavy atom. The third kappa shape index (κ3) is 1.65. The van der Waals surface area contributed by atoms with E-state index in [1.165, 1.54) is 57.8 Å². The summed E-state index contributed by atoms with van der Waals surface area (Å²) < 4.78 is 0. The number of allylic oxidation sites excluding steroid dienone is 1. The molecule has 0 bridgehead atoms. The van der Waals surface area contributed by atoms with Crippen molar-refractivity contribution in [1.29, 1.82) is 0 Å². The van der Waals surface area contributed by atoms with Gasteiger partial charge in [-0.1, -0.05) is 38.3 Å². The van der Waals surface area contributed by atoms with Crippen LogP contribution in [0.4, 0.5) is 0 Å². The zero-order chi connectivity index (χ0) is 14.0. The summed E-state index contributed by atoms with van der Waals surface area (Å²) in [6.45, 7) is 4.99. The molecule has 0 aromatic rings. The van der Waals surface area contributed by atoms with E-state index in [9.17, 15) is 0 Å². The summed E-state index contributed by atoms with van der Waals surface area (Å²) >= 11 is 0. The molecule has 1 nitrogen and oxygen atoms in total. The Morgan fingerprint density at radius 3 is 2.85 bits per heavy atom. The molecular weight excluding hydrogens is 242 g/mol. The van der Waals surface area contributed by atoms with Crippen LogP contribution in [0.5, 0.6) is 0 Å². The van der Waals surface area contributed by atoms with Crippen LogP contribution in [0, 0.1) is 29.1 Å². The second kappa shape index (κ2) is 4.35. The van der Waals surface area contributed by atoms with Crippen LogP contribution in [0.1, 0.15) is 71.6 Å². The van der Waals surface area contributed by atoms with Crippen LogP contribution < -0.4 is 5.73 Å². The highest BCUT2D eigenvalue weighted by molar-refractivity contribution is 5.29. The summed E-state index contributed by atoms with van der Waals surface area (Å²) in [5.74, 6) is 3.44. The van der Waals surface area contributed by atoms with Crippen LogP contribution in [-0.4, -0.2) is 5.54 Å². The SMILES string of the molecule is CC1CCC2(C)C(=CCC3(N)C4CCCC4CCC23)C1. The molecule has 1 heteroatoms. The van der Waals surface area contributed by atoms with E-state index >= 15 is 0 Å². The highest BCUT2D eigenvalue weighted by atomic mass is 14.8. The minimum atomic E-state index is 0.137. The lowest BCUT2D eigenvalue weighted by molar-refractivity contribution is -0.0140. The topological polar surface area (TPSA) is 26.0 Å². The van der Waals surface area contributed by atoms with Crippen LogP contribution in [0.15, 0.2) is 11.6 Å². The lowest BCUT2D eigenvalue weighted by Gasteiger charge is -2.60. The summed E-state index contributed by atoms with van der Waals surface area (Å²) in [6, 6.07) is 0. The van der Waals surface area contributed by atoms with Gasteiger partial charge in [0.1, 0.15) is 0 Å². The van der Waals surface area contributed by atoms with E-state index in [4.69, 9.17) is 5.73 Å². The first-order valence-electron chi connectivity index (χ1n) is 9.02. The normalized spacial score (nSPS) is 54.6. The maximum atomic E-state index is 7.13. The highest BCUT2D eigenvalue weighted by Crippen LogP contribution is 2.62. The number of rotatable bonds is 0. The van der Waals surface area contributed by atoms with Gasteiger partial charge in [0.2, 0.25) is 0 Å². The summed E-state index contributed by atoms with van der Waals surface area (Å²) in [4.78, 5) is 0. The molecule has 4 rings (SSSR count). The van der Waals surface area contributed by atoms with Gasteiger partial charge in [0.25, 0.3) is 0 Å². The van der Waals surface area contributed by atoms with Gasteiger partial charge in [-0.2, -0.15) is 0 Å². The number of fused-ring (bicyclic) bond motifs is 5. The van der Waals surface area contributed by atoms with Gasteiger partial charge in [0, 0.05) is 5.54 Å². The fourth-order valence-electron chi connectivity index (χ4n) is 6.64. The Balaban J connectivity index is 1.73. The fourth-order valence-corrected chi connectivity index (χ4v) is 6.64. The van der Waals surface area contributed by atoms with Crippen molar-refractivity contribution in [1.82, 2.24) is 0 Å². The van der Waals surface area contributed by atoms with Crippen LogP contribution in [0.2, 0.25) is 0 Å². The zero-order valence-electron chi connectivity index (χ0n) is 13.3. The van der Waals surface area contributed by atoms with Crippen molar-refractivity contribution in [2.24, 2.45) is 34.8 Å². The lowest BCUT2D eigenvalue weighted by atomic mass is 9.47. The second-order valence-corrected chi connectivity index (χ2v) is 8.74. The van der Waals surface area contributed by atoms with Crippen LogP contribution in [-0.2, 0) is 0 Å². The Labute approximate surface area is 124 Å². The molecule has 0 radical (unpaired) electrons. The molecular formula is C19H31N. The average Bonchev–Trinajstić information content (AvgIpc) is 2.89. The molecule has 4 aliphatic carbocycles. The molecule has 112 valence electrons.